The predicted octanol–water partition coefficient (Wildman–Crippen LogP) is 0.658. The van der Waals surface area contributed by atoms with Gasteiger partial charge in [0, 0.05) is 27.2 Å². The Morgan fingerprint density at radius 1 is 1.04 bits per heavy atom. The van der Waals surface area contributed by atoms with Gasteiger partial charge in [0.2, 0.25) is 10.0 Å². The summed E-state index contributed by atoms with van der Waals surface area (Å²) in [4.78, 5) is 24.4. The van der Waals surface area contributed by atoms with Crippen molar-refractivity contribution in [3.05, 3.63) is 39.0 Å². The van der Waals surface area contributed by atoms with Gasteiger partial charge in [-0.25, -0.2) is 13.2 Å². The van der Waals surface area contributed by atoms with Gasteiger partial charge >= 0.3 is 5.69 Å². The quantitative estimate of drug-likeness (QED) is 0.796. The van der Waals surface area contributed by atoms with Gasteiger partial charge in [-0.3, -0.25) is 13.9 Å². The summed E-state index contributed by atoms with van der Waals surface area (Å²) in [6, 6.07) is 4.37. The minimum Gasteiger partial charge on any atom is -0.296 e. The van der Waals surface area contributed by atoms with Crippen LogP contribution in [0.25, 0.3) is 10.9 Å². The summed E-state index contributed by atoms with van der Waals surface area (Å²) >= 11 is 0. The number of aromatic nitrogens is 2. The van der Waals surface area contributed by atoms with Gasteiger partial charge in [0.1, 0.15) is 0 Å². The first-order valence-electron chi connectivity index (χ1n) is 7.93. The van der Waals surface area contributed by atoms with E-state index in [4.69, 9.17) is 0 Å². The van der Waals surface area contributed by atoms with Crippen molar-refractivity contribution in [2.75, 3.05) is 13.1 Å². The maximum absolute atomic E-state index is 12.8. The third kappa shape index (κ3) is 2.59. The molecule has 130 valence electrons. The van der Waals surface area contributed by atoms with Crippen LogP contribution in [0, 0.1) is 5.92 Å². The van der Waals surface area contributed by atoms with Gasteiger partial charge in [0.15, 0.2) is 0 Å². The first-order chi connectivity index (χ1) is 11.2. The standard InChI is InChI=1S/C16H21N3O4S/c1-11-6-8-19(9-7-11)24(22,23)12-4-5-14-13(10-12)15(20)18(3)16(21)17(14)2/h4-5,10-11H,6-9H2,1-3H3. The van der Waals surface area contributed by atoms with Crippen LogP contribution in [-0.4, -0.2) is 34.9 Å². The van der Waals surface area contributed by atoms with E-state index < -0.39 is 21.3 Å². The Morgan fingerprint density at radius 3 is 2.29 bits per heavy atom. The smallest absolute Gasteiger partial charge is 0.296 e. The van der Waals surface area contributed by atoms with E-state index in [1.165, 1.54) is 34.1 Å². The number of hydrogen-bond acceptors (Lipinski definition) is 4. The maximum Gasteiger partial charge on any atom is 0.330 e. The topological polar surface area (TPSA) is 81.4 Å². The Balaban J connectivity index is 2.15. The molecule has 2 heterocycles. The Hall–Kier alpha value is -1.93. The molecule has 1 aliphatic rings. The van der Waals surface area contributed by atoms with Crippen LogP contribution in [0.1, 0.15) is 19.8 Å². The molecule has 0 bridgehead atoms. The first-order valence-corrected chi connectivity index (χ1v) is 9.37. The van der Waals surface area contributed by atoms with Gasteiger partial charge in [0.25, 0.3) is 5.56 Å². The average Bonchev–Trinajstić information content (AvgIpc) is 2.58. The van der Waals surface area contributed by atoms with Crippen molar-refractivity contribution in [2.24, 2.45) is 20.0 Å². The fourth-order valence-corrected chi connectivity index (χ4v) is 4.61. The second-order valence-corrected chi connectivity index (χ2v) is 8.41. The minimum atomic E-state index is -3.63. The van der Waals surface area contributed by atoms with Crippen molar-refractivity contribution in [2.45, 2.75) is 24.7 Å². The molecule has 0 radical (unpaired) electrons. The number of nitrogens with zero attached hydrogens (tertiary/aromatic N) is 3. The van der Waals surface area contributed by atoms with Gasteiger partial charge in [-0.1, -0.05) is 6.92 Å². The number of sulfonamides is 1. The molecule has 7 nitrogen and oxygen atoms in total. The maximum atomic E-state index is 12.8. The lowest BCUT2D eigenvalue weighted by molar-refractivity contribution is 0.288. The Morgan fingerprint density at radius 2 is 1.67 bits per heavy atom. The van der Waals surface area contributed by atoms with Crippen LogP contribution < -0.4 is 11.2 Å². The summed E-state index contributed by atoms with van der Waals surface area (Å²) in [5.41, 5.74) is -0.500. The number of hydrogen-bond donors (Lipinski definition) is 0. The summed E-state index contributed by atoms with van der Waals surface area (Å²) in [5.74, 6) is 0.523. The second kappa shape index (κ2) is 5.86. The number of fused-ring (bicyclic) bond motifs is 1. The Kier molecular flexibility index (Phi) is 4.13. The molecule has 0 aliphatic carbocycles. The van der Waals surface area contributed by atoms with Crippen LogP contribution in [0.5, 0.6) is 0 Å². The third-order valence-electron chi connectivity index (χ3n) is 4.82. The predicted molar refractivity (Wildman–Crippen MR) is 91.6 cm³/mol. The first kappa shape index (κ1) is 16.9. The molecule has 1 aromatic carbocycles. The SMILES string of the molecule is CC1CCN(S(=O)(=O)c2ccc3c(c2)c(=O)n(C)c(=O)n3C)CC1. The lowest BCUT2D eigenvalue weighted by Gasteiger charge is -2.29. The fraction of sp³-hybridized carbons (Fsp3) is 0.500. The molecule has 3 rings (SSSR count). The molecule has 8 heteroatoms. The van der Waals surface area contributed by atoms with Gasteiger partial charge in [0.05, 0.1) is 15.8 Å². The molecule has 2 aromatic rings. The molecule has 0 atom stereocenters. The van der Waals surface area contributed by atoms with Crippen molar-refractivity contribution < 1.29 is 8.42 Å². The van der Waals surface area contributed by atoms with Gasteiger partial charge in [-0.15, -0.1) is 0 Å². The molecule has 0 unspecified atom stereocenters. The summed E-state index contributed by atoms with van der Waals surface area (Å²) in [6.07, 6.45) is 1.67. The zero-order valence-electron chi connectivity index (χ0n) is 14.0. The number of aryl methyl sites for hydroxylation is 1. The highest BCUT2D eigenvalue weighted by Crippen LogP contribution is 2.24. The van der Waals surface area contributed by atoms with Crippen molar-refractivity contribution in [3.63, 3.8) is 0 Å². The molecule has 0 N–H and O–H groups in total. The molecular formula is C16H21N3O4S. The normalized spacial score (nSPS) is 17.5. The van der Waals surface area contributed by atoms with E-state index in [1.54, 1.807) is 7.05 Å². The number of benzene rings is 1. The van der Waals surface area contributed by atoms with E-state index in [9.17, 15) is 18.0 Å². The molecule has 0 saturated carbocycles. The zero-order valence-corrected chi connectivity index (χ0v) is 14.8. The molecule has 1 aliphatic heterocycles. The van der Waals surface area contributed by atoms with Gasteiger partial charge < -0.3 is 0 Å². The lowest BCUT2D eigenvalue weighted by atomic mass is 10.0. The minimum absolute atomic E-state index is 0.0975. The van der Waals surface area contributed by atoms with Crippen LogP contribution >= 0.6 is 0 Å². The summed E-state index contributed by atoms with van der Waals surface area (Å²) in [5, 5.41) is 0.228. The monoisotopic (exact) mass is 351 g/mol. The Labute approximate surface area is 140 Å². The molecular weight excluding hydrogens is 330 g/mol. The van der Waals surface area contributed by atoms with E-state index in [0.29, 0.717) is 24.5 Å². The molecule has 1 aromatic heterocycles. The largest absolute Gasteiger partial charge is 0.330 e. The van der Waals surface area contributed by atoms with Crippen molar-refractivity contribution in [1.29, 1.82) is 0 Å². The van der Waals surface area contributed by atoms with E-state index >= 15 is 0 Å². The summed E-state index contributed by atoms with van der Waals surface area (Å²) in [6.45, 7) is 3.10. The highest BCUT2D eigenvalue weighted by atomic mass is 32.2. The molecule has 0 spiro atoms. The highest BCUT2D eigenvalue weighted by molar-refractivity contribution is 7.89. The van der Waals surface area contributed by atoms with Crippen molar-refractivity contribution >= 4 is 20.9 Å². The van der Waals surface area contributed by atoms with Gasteiger partial charge in [-0.2, -0.15) is 4.31 Å². The summed E-state index contributed by atoms with van der Waals surface area (Å²) < 4.78 is 29.5. The third-order valence-corrected chi connectivity index (χ3v) is 6.71. The van der Waals surface area contributed by atoms with Crippen LogP contribution in [0.3, 0.4) is 0 Å². The number of piperidine rings is 1. The molecule has 24 heavy (non-hydrogen) atoms. The van der Waals surface area contributed by atoms with Crippen LogP contribution in [0.4, 0.5) is 0 Å². The molecule has 1 fully saturated rings. The molecule has 0 amide bonds. The highest BCUT2D eigenvalue weighted by Gasteiger charge is 2.28. The van der Waals surface area contributed by atoms with Crippen LogP contribution in [0.2, 0.25) is 0 Å². The lowest BCUT2D eigenvalue weighted by Crippen LogP contribution is -2.38. The fourth-order valence-electron chi connectivity index (χ4n) is 3.11. The van der Waals surface area contributed by atoms with Crippen LogP contribution in [-0.2, 0) is 24.1 Å². The Bertz CT molecular complexity index is 1010. The van der Waals surface area contributed by atoms with E-state index in [2.05, 4.69) is 6.92 Å². The van der Waals surface area contributed by atoms with E-state index in [1.807, 2.05) is 0 Å². The van der Waals surface area contributed by atoms with Crippen molar-refractivity contribution in [3.8, 4) is 0 Å². The average molecular weight is 351 g/mol. The summed E-state index contributed by atoms with van der Waals surface area (Å²) in [7, 11) is -0.686. The second-order valence-electron chi connectivity index (χ2n) is 6.47. The molecule has 1 saturated heterocycles. The zero-order chi connectivity index (χ0) is 17.6. The van der Waals surface area contributed by atoms with Crippen LogP contribution in [0.15, 0.2) is 32.7 Å². The van der Waals surface area contributed by atoms with E-state index in [-0.39, 0.29) is 10.3 Å². The van der Waals surface area contributed by atoms with Gasteiger partial charge in [-0.05, 0) is 37.0 Å². The number of rotatable bonds is 2. The van der Waals surface area contributed by atoms with Crippen molar-refractivity contribution in [1.82, 2.24) is 13.4 Å². The van der Waals surface area contributed by atoms with E-state index in [0.717, 1.165) is 17.4 Å².